The van der Waals surface area contributed by atoms with E-state index in [0.29, 0.717) is 6.04 Å². The first-order valence-corrected chi connectivity index (χ1v) is 8.25. The van der Waals surface area contributed by atoms with Gasteiger partial charge in [-0.25, -0.2) is 0 Å². The zero-order valence-electron chi connectivity index (χ0n) is 8.67. The summed E-state index contributed by atoms with van der Waals surface area (Å²) in [6.07, 6.45) is -2.38. The van der Waals surface area contributed by atoms with Gasteiger partial charge in [0.15, 0.2) is 0 Å². The molecule has 0 aromatic carbocycles. The average molecular weight is 212 g/mol. The van der Waals surface area contributed by atoms with Crippen molar-refractivity contribution in [1.82, 2.24) is 0 Å². The van der Waals surface area contributed by atoms with Crippen LogP contribution >= 0.6 is 0 Å². The highest BCUT2D eigenvalue weighted by atomic mass is 28.3. The Hall–Kier alpha value is 0.00688. The Labute approximate surface area is 79.5 Å². The van der Waals surface area contributed by atoms with Crippen LogP contribution in [-0.4, -0.2) is 14.3 Å². The molecular formula is C9H19F3Si. The summed E-state index contributed by atoms with van der Waals surface area (Å²) in [5.41, 5.74) is 0. The van der Waals surface area contributed by atoms with Crippen LogP contribution in [0.4, 0.5) is 13.2 Å². The molecule has 13 heavy (non-hydrogen) atoms. The summed E-state index contributed by atoms with van der Waals surface area (Å²) in [6.45, 7) is 6.18. The molecule has 0 aliphatic heterocycles. The summed E-state index contributed by atoms with van der Waals surface area (Å²) < 4.78 is 35.8. The van der Waals surface area contributed by atoms with Gasteiger partial charge >= 0.3 is 6.18 Å². The zero-order chi connectivity index (χ0) is 10.5. The van der Waals surface area contributed by atoms with Crippen LogP contribution in [0.25, 0.3) is 0 Å². The first kappa shape index (κ1) is 13.0. The lowest BCUT2D eigenvalue weighted by Gasteiger charge is -2.22. The lowest BCUT2D eigenvalue weighted by Crippen LogP contribution is -2.27. The van der Waals surface area contributed by atoms with Gasteiger partial charge < -0.3 is 0 Å². The molecule has 0 radical (unpaired) electrons. The molecule has 0 N–H and O–H groups in total. The summed E-state index contributed by atoms with van der Waals surface area (Å²) in [5.74, 6) is 0. The molecule has 0 unspecified atom stereocenters. The molecule has 0 saturated carbocycles. The summed E-state index contributed by atoms with van der Waals surface area (Å²) in [7, 11) is -1.55. The average Bonchev–Trinajstić information content (AvgIpc) is 1.97. The molecule has 0 saturated heterocycles. The topological polar surface area (TPSA) is 0 Å². The highest BCUT2D eigenvalue weighted by Gasteiger charge is 2.31. The van der Waals surface area contributed by atoms with Crippen molar-refractivity contribution in [2.75, 3.05) is 0 Å². The van der Waals surface area contributed by atoms with E-state index in [4.69, 9.17) is 0 Å². The minimum Gasteiger partial charge on any atom is -0.171 e. The Morgan fingerprint density at radius 2 is 1.62 bits per heavy atom. The van der Waals surface area contributed by atoms with Crippen molar-refractivity contribution in [2.45, 2.75) is 57.5 Å². The van der Waals surface area contributed by atoms with Crippen molar-refractivity contribution in [1.29, 1.82) is 0 Å². The molecule has 0 aromatic rings. The molecule has 0 rings (SSSR count). The van der Waals surface area contributed by atoms with Gasteiger partial charge in [-0.2, -0.15) is 13.2 Å². The van der Waals surface area contributed by atoms with E-state index >= 15 is 0 Å². The third-order valence-corrected chi connectivity index (χ3v) is 5.60. The molecule has 0 fully saturated rings. The number of unbranched alkanes of at least 4 members (excludes halogenated alkanes) is 1. The van der Waals surface area contributed by atoms with Crippen molar-refractivity contribution in [2.24, 2.45) is 0 Å². The van der Waals surface area contributed by atoms with E-state index in [1.54, 1.807) is 0 Å². The van der Waals surface area contributed by atoms with Gasteiger partial charge in [0, 0.05) is 14.5 Å². The fourth-order valence-electron chi connectivity index (χ4n) is 1.26. The Morgan fingerprint density at radius 3 is 2.00 bits per heavy atom. The van der Waals surface area contributed by atoms with Crippen LogP contribution in [0, 0.1) is 0 Å². The van der Waals surface area contributed by atoms with E-state index in [-0.39, 0.29) is 0 Å². The van der Waals surface area contributed by atoms with E-state index in [0.717, 1.165) is 18.9 Å². The molecule has 80 valence electrons. The Balaban J connectivity index is 3.75. The zero-order valence-corrected chi connectivity index (χ0v) is 9.67. The number of rotatable bonds is 5. The highest BCUT2D eigenvalue weighted by Crippen LogP contribution is 2.28. The fraction of sp³-hybridized carbons (Fsp3) is 1.00. The third-order valence-electron chi connectivity index (χ3n) is 2.29. The molecule has 4 heteroatoms. The highest BCUT2D eigenvalue weighted by molar-refractivity contribution is 6.77. The molecule has 0 spiro atoms. The molecule has 0 heterocycles. The van der Waals surface area contributed by atoms with Crippen molar-refractivity contribution in [3.8, 4) is 0 Å². The van der Waals surface area contributed by atoms with Crippen LogP contribution < -0.4 is 0 Å². The Bertz CT molecular complexity index is 140. The number of alkyl halides is 3. The van der Waals surface area contributed by atoms with Gasteiger partial charge in [0.05, 0.1) is 0 Å². The van der Waals surface area contributed by atoms with Gasteiger partial charge in [0.2, 0.25) is 0 Å². The standard InChI is InChI=1S/C9H19F3Si/c1-4-5-7-13(2,3)8-6-9(10,11)12/h4-8H2,1-3H3. The van der Waals surface area contributed by atoms with Crippen LogP contribution in [0.1, 0.15) is 26.2 Å². The van der Waals surface area contributed by atoms with Crippen LogP contribution in [0.3, 0.4) is 0 Å². The van der Waals surface area contributed by atoms with E-state index in [1.807, 2.05) is 0 Å². The van der Waals surface area contributed by atoms with Gasteiger partial charge in [-0.05, 0) is 6.04 Å². The van der Waals surface area contributed by atoms with Gasteiger partial charge in [-0.15, -0.1) is 0 Å². The minimum absolute atomic E-state index is 0.385. The summed E-state index contributed by atoms with van der Waals surface area (Å²) >= 11 is 0. The lowest BCUT2D eigenvalue weighted by molar-refractivity contribution is -0.130. The monoisotopic (exact) mass is 212 g/mol. The summed E-state index contributed by atoms with van der Waals surface area (Å²) in [5, 5.41) is 0. The van der Waals surface area contributed by atoms with Crippen LogP contribution in [0.15, 0.2) is 0 Å². The first-order valence-electron chi connectivity index (χ1n) is 4.83. The lowest BCUT2D eigenvalue weighted by atomic mass is 10.4. The Kier molecular flexibility index (Phi) is 5.03. The quantitative estimate of drug-likeness (QED) is 0.591. The van der Waals surface area contributed by atoms with E-state index in [1.165, 1.54) is 0 Å². The second kappa shape index (κ2) is 5.03. The van der Waals surface area contributed by atoms with Crippen molar-refractivity contribution < 1.29 is 13.2 Å². The molecule has 0 bridgehead atoms. The van der Waals surface area contributed by atoms with Gasteiger partial charge in [0.25, 0.3) is 0 Å². The smallest absolute Gasteiger partial charge is 0.171 e. The number of hydrogen-bond donors (Lipinski definition) is 0. The largest absolute Gasteiger partial charge is 0.388 e. The molecular weight excluding hydrogens is 193 g/mol. The van der Waals surface area contributed by atoms with Gasteiger partial charge in [0.1, 0.15) is 0 Å². The second-order valence-electron chi connectivity index (χ2n) is 4.38. The first-order chi connectivity index (χ1) is 5.77. The molecule has 0 amide bonds. The predicted octanol–water partition coefficient (Wildman–Crippen LogP) is 4.45. The molecule has 0 aromatic heterocycles. The molecule has 0 atom stereocenters. The minimum atomic E-state index is -3.96. The van der Waals surface area contributed by atoms with Gasteiger partial charge in [-0.3, -0.25) is 0 Å². The van der Waals surface area contributed by atoms with E-state index in [9.17, 15) is 13.2 Å². The number of halogens is 3. The Morgan fingerprint density at radius 1 is 1.08 bits per heavy atom. The summed E-state index contributed by atoms with van der Waals surface area (Å²) in [4.78, 5) is 0. The second-order valence-corrected chi connectivity index (χ2v) is 9.71. The normalized spacial score (nSPS) is 13.4. The van der Waals surface area contributed by atoms with Crippen molar-refractivity contribution in [3.05, 3.63) is 0 Å². The van der Waals surface area contributed by atoms with E-state index in [2.05, 4.69) is 20.0 Å². The van der Waals surface area contributed by atoms with Crippen LogP contribution in [0.5, 0.6) is 0 Å². The molecule has 0 aliphatic rings. The molecule has 0 nitrogen and oxygen atoms in total. The fourth-order valence-corrected chi connectivity index (χ4v) is 3.78. The number of hydrogen-bond acceptors (Lipinski definition) is 0. The SMILES string of the molecule is CCCC[Si](C)(C)CCC(F)(F)F. The maximum absolute atomic E-state index is 11.9. The summed E-state index contributed by atoms with van der Waals surface area (Å²) in [6, 6.07) is 1.41. The van der Waals surface area contributed by atoms with Crippen LogP contribution in [-0.2, 0) is 0 Å². The molecule has 0 aliphatic carbocycles. The third kappa shape index (κ3) is 8.34. The predicted molar refractivity (Wildman–Crippen MR) is 52.7 cm³/mol. The van der Waals surface area contributed by atoms with Crippen molar-refractivity contribution in [3.63, 3.8) is 0 Å². The van der Waals surface area contributed by atoms with Crippen molar-refractivity contribution >= 4 is 8.07 Å². The van der Waals surface area contributed by atoms with Gasteiger partial charge in [-0.1, -0.05) is 38.9 Å². The van der Waals surface area contributed by atoms with Crippen LogP contribution in [0.2, 0.25) is 25.2 Å². The van der Waals surface area contributed by atoms with E-state index < -0.39 is 20.7 Å². The maximum atomic E-state index is 11.9. The maximum Gasteiger partial charge on any atom is 0.388 e.